The van der Waals surface area contributed by atoms with Crippen LogP contribution in [0.5, 0.6) is 0 Å². The summed E-state index contributed by atoms with van der Waals surface area (Å²) in [5.41, 5.74) is 5.34. The number of rotatable bonds is 4. The molecular weight excluding hydrogens is 486 g/mol. The van der Waals surface area contributed by atoms with Gasteiger partial charge in [-0.1, -0.05) is 6.08 Å². The van der Waals surface area contributed by atoms with Gasteiger partial charge in [-0.05, 0) is 67.8 Å². The Morgan fingerprint density at radius 1 is 1.24 bits per heavy atom. The van der Waals surface area contributed by atoms with Crippen LogP contribution in [0, 0.1) is 18.3 Å². The Bertz CT molecular complexity index is 1300. The number of carbonyl (C=O) groups excluding carboxylic acids is 2. The number of hydrogen-bond donors (Lipinski definition) is 1. The van der Waals surface area contributed by atoms with Crippen molar-refractivity contribution >= 4 is 40.9 Å². The number of hydrogen-bond acceptors (Lipinski definition) is 7. The first kappa shape index (κ1) is 25.2. The molecule has 3 amide bonds. The van der Waals surface area contributed by atoms with Crippen molar-refractivity contribution in [3.63, 3.8) is 0 Å². The summed E-state index contributed by atoms with van der Waals surface area (Å²) in [6, 6.07) is 5.85. The average molecular weight is 518 g/mol. The fourth-order valence-electron chi connectivity index (χ4n) is 5.02. The molecule has 0 radical (unpaired) electrons. The molecule has 0 unspecified atom stereocenters. The molecular formula is C27H31N7O2S. The van der Waals surface area contributed by atoms with E-state index in [9.17, 15) is 14.9 Å². The lowest BCUT2D eigenvalue weighted by Gasteiger charge is -2.33. The zero-order valence-electron chi connectivity index (χ0n) is 21.3. The van der Waals surface area contributed by atoms with E-state index < -0.39 is 0 Å². The van der Waals surface area contributed by atoms with Crippen LogP contribution in [0.15, 0.2) is 24.4 Å². The molecule has 9 nitrogen and oxygen atoms in total. The van der Waals surface area contributed by atoms with E-state index in [-0.39, 0.29) is 11.9 Å². The van der Waals surface area contributed by atoms with Gasteiger partial charge in [-0.25, -0.2) is 14.8 Å². The first-order chi connectivity index (χ1) is 17.9. The number of nitrogens with one attached hydrogen (secondary N) is 1. The second kappa shape index (κ2) is 10.9. The number of aryl methyl sites for hydroxylation is 2. The molecule has 192 valence electrons. The monoisotopic (exact) mass is 517 g/mol. The molecule has 1 saturated heterocycles. The molecule has 1 N–H and O–H groups in total. The topological polar surface area (TPSA) is 105 Å². The maximum atomic E-state index is 13.4. The van der Waals surface area contributed by atoms with Crippen molar-refractivity contribution < 1.29 is 9.59 Å². The number of nitrogens with zero attached hydrogens (tertiary/aromatic N) is 6. The molecule has 10 heteroatoms. The normalized spacial score (nSPS) is 18.2. The first-order valence-electron chi connectivity index (χ1n) is 12.6. The van der Waals surface area contributed by atoms with E-state index in [0.717, 1.165) is 65.3 Å². The highest BCUT2D eigenvalue weighted by Crippen LogP contribution is 2.31. The van der Waals surface area contributed by atoms with Crippen LogP contribution in [-0.2, 0) is 17.8 Å². The van der Waals surface area contributed by atoms with Gasteiger partial charge in [0, 0.05) is 49.4 Å². The highest BCUT2D eigenvalue weighted by Gasteiger charge is 2.27. The number of piperazine rings is 1. The van der Waals surface area contributed by atoms with E-state index in [1.54, 1.807) is 11.0 Å². The summed E-state index contributed by atoms with van der Waals surface area (Å²) in [6.45, 7) is 5.04. The minimum atomic E-state index is -0.286. The van der Waals surface area contributed by atoms with Crippen LogP contribution in [-0.4, -0.2) is 76.4 Å². The molecule has 0 aliphatic carbocycles. The van der Waals surface area contributed by atoms with Crippen LogP contribution in [0.2, 0.25) is 0 Å². The van der Waals surface area contributed by atoms with Crippen LogP contribution >= 0.6 is 11.8 Å². The van der Waals surface area contributed by atoms with Crippen molar-refractivity contribution in [2.24, 2.45) is 0 Å². The number of amides is 3. The number of allylic oxidation sites excluding steroid dienone is 1. The fraction of sp³-hybridized carbons (Fsp3) is 0.444. The minimum Gasteiger partial charge on any atom is -0.336 e. The molecule has 37 heavy (non-hydrogen) atoms. The summed E-state index contributed by atoms with van der Waals surface area (Å²) >= 11 is 1.87. The molecule has 1 fully saturated rings. The standard InChI is InChI=1S/C27H31N7O2S/c1-18-21(16-33-9-8-32(2)17-25(33)35)12-20-4-3-7-34(26(20)30-18)27(36)31-24-13-23(22(14-28)15-29-24)19-5-10-37-11-6-19/h5,12-13,15H,3-4,6-11,16-17H2,1-2H3,(H,29,31,36). The molecule has 0 spiro atoms. The molecule has 5 rings (SSSR count). The zero-order valence-corrected chi connectivity index (χ0v) is 22.1. The maximum Gasteiger partial charge on any atom is 0.328 e. The van der Waals surface area contributed by atoms with Crippen molar-refractivity contribution in [3.8, 4) is 6.07 Å². The lowest BCUT2D eigenvalue weighted by atomic mass is 9.99. The summed E-state index contributed by atoms with van der Waals surface area (Å²) in [6.07, 6.45) is 6.24. The predicted molar refractivity (Wildman–Crippen MR) is 145 cm³/mol. The summed E-state index contributed by atoms with van der Waals surface area (Å²) < 4.78 is 0. The first-order valence-corrected chi connectivity index (χ1v) is 13.8. The van der Waals surface area contributed by atoms with Gasteiger partial charge in [0.25, 0.3) is 0 Å². The predicted octanol–water partition coefficient (Wildman–Crippen LogP) is 3.44. The van der Waals surface area contributed by atoms with E-state index in [0.29, 0.717) is 43.4 Å². The molecule has 2 aromatic heterocycles. The van der Waals surface area contributed by atoms with Crippen LogP contribution in [0.4, 0.5) is 16.4 Å². The van der Waals surface area contributed by atoms with Gasteiger partial charge in [0.2, 0.25) is 5.91 Å². The van der Waals surface area contributed by atoms with Crippen LogP contribution in [0.3, 0.4) is 0 Å². The summed E-state index contributed by atoms with van der Waals surface area (Å²) in [5.74, 6) is 3.15. The van der Waals surface area contributed by atoms with E-state index >= 15 is 0 Å². The van der Waals surface area contributed by atoms with Crippen molar-refractivity contribution in [2.45, 2.75) is 32.7 Å². The SMILES string of the molecule is Cc1nc2c(cc1CN1CCN(C)CC1=O)CCCN2C(=O)Nc1cc(C2=CCSCC2)c(C#N)cn1. The number of urea groups is 1. The van der Waals surface area contributed by atoms with Crippen LogP contribution < -0.4 is 10.2 Å². The van der Waals surface area contributed by atoms with E-state index in [1.165, 1.54) is 6.20 Å². The highest BCUT2D eigenvalue weighted by molar-refractivity contribution is 7.99. The van der Waals surface area contributed by atoms with Gasteiger partial charge >= 0.3 is 6.03 Å². The summed E-state index contributed by atoms with van der Waals surface area (Å²) in [5, 5.41) is 12.5. The second-order valence-electron chi connectivity index (χ2n) is 9.74. The van der Waals surface area contributed by atoms with Crippen molar-refractivity contribution in [3.05, 3.63) is 52.4 Å². The van der Waals surface area contributed by atoms with Gasteiger partial charge < -0.3 is 4.90 Å². The van der Waals surface area contributed by atoms with Gasteiger partial charge in [0.05, 0.1) is 12.1 Å². The zero-order chi connectivity index (χ0) is 25.9. The van der Waals surface area contributed by atoms with E-state index in [1.807, 2.05) is 35.5 Å². The van der Waals surface area contributed by atoms with E-state index in [2.05, 4.69) is 28.5 Å². The Hall–Kier alpha value is -3.42. The largest absolute Gasteiger partial charge is 0.336 e. The fourth-order valence-corrected chi connectivity index (χ4v) is 5.87. The van der Waals surface area contributed by atoms with Gasteiger partial charge in [-0.3, -0.25) is 19.9 Å². The lowest BCUT2D eigenvalue weighted by molar-refractivity contribution is -0.136. The third kappa shape index (κ3) is 5.48. The molecule has 0 atom stereocenters. The Kier molecular flexibility index (Phi) is 7.44. The van der Waals surface area contributed by atoms with Crippen molar-refractivity contribution in [2.75, 3.05) is 54.9 Å². The average Bonchev–Trinajstić information content (AvgIpc) is 2.90. The summed E-state index contributed by atoms with van der Waals surface area (Å²) in [7, 11) is 1.96. The Morgan fingerprint density at radius 2 is 2.11 bits per heavy atom. The molecule has 0 saturated carbocycles. The molecule has 3 aliphatic rings. The van der Waals surface area contributed by atoms with Crippen LogP contribution in [0.25, 0.3) is 5.57 Å². The Balaban J connectivity index is 1.35. The van der Waals surface area contributed by atoms with Gasteiger partial charge in [-0.2, -0.15) is 17.0 Å². The van der Waals surface area contributed by atoms with Crippen LogP contribution in [0.1, 0.15) is 40.8 Å². The number of pyridine rings is 2. The number of carbonyl (C=O) groups is 2. The van der Waals surface area contributed by atoms with Gasteiger partial charge in [0.1, 0.15) is 17.7 Å². The van der Waals surface area contributed by atoms with Gasteiger partial charge in [-0.15, -0.1) is 0 Å². The highest BCUT2D eigenvalue weighted by atomic mass is 32.2. The number of anilines is 2. The number of aromatic nitrogens is 2. The molecule has 2 aromatic rings. The smallest absolute Gasteiger partial charge is 0.328 e. The molecule has 5 heterocycles. The van der Waals surface area contributed by atoms with E-state index in [4.69, 9.17) is 4.98 Å². The number of fused-ring (bicyclic) bond motifs is 1. The number of likely N-dealkylation sites (N-methyl/N-ethyl adjacent to an activating group) is 1. The minimum absolute atomic E-state index is 0.129. The Morgan fingerprint density at radius 3 is 2.86 bits per heavy atom. The summed E-state index contributed by atoms with van der Waals surface area (Å²) in [4.78, 5) is 40.6. The molecule has 3 aliphatic heterocycles. The second-order valence-corrected chi connectivity index (χ2v) is 10.9. The molecule has 0 aromatic carbocycles. The Labute approximate surface area is 221 Å². The van der Waals surface area contributed by atoms with Gasteiger partial charge in [0.15, 0.2) is 0 Å². The lowest BCUT2D eigenvalue weighted by Crippen LogP contribution is -2.48. The number of thioether (sulfide) groups is 1. The third-order valence-corrected chi connectivity index (χ3v) is 8.04. The van der Waals surface area contributed by atoms with Crippen molar-refractivity contribution in [1.82, 2.24) is 19.8 Å². The third-order valence-electron chi connectivity index (χ3n) is 7.14. The maximum absolute atomic E-state index is 13.4. The quantitative estimate of drug-likeness (QED) is 0.662. The van der Waals surface area contributed by atoms with Crippen molar-refractivity contribution in [1.29, 1.82) is 5.26 Å². The number of nitriles is 1. The molecule has 0 bridgehead atoms.